The number of nitrogens with one attached hydrogen (secondary N) is 1. The average molecular weight is 292 g/mol. The van der Waals surface area contributed by atoms with E-state index >= 15 is 0 Å². The minimum Gasteiger partial charge on any atom is -0.497 e. The topological polar surface area (TPSA) is 73.6 Å². The molecule has 0 aromatic heterocycles. The molecule has 0 spiro atoms. The summed E-state index contributed by atoms with van der Waals surface area (Å²) in [5.74, 6) is 0.752. The average Bonchev–Trinajstić information content (AvgIpc) is 2.47. The van der Waals surface area contributed by atoms with E-state index in [-0.39, 0.29) is 12.0 Å². The number of nitrogens with two attached hydrogens (primary N) is 1. The molecule has 21 heavy (non-hydrogen) atoms. The van der Waals surface area contributed by atoms with Crippen LogP contribution in [0, 0.1) is 5.92 Å². The third-order valence-corrected chi connectivity index (χ3v) is 4.08. The molecule has 1 heterocycles. The number of carbonyl (C=O) groups excluding carboxylic acids is 1. The van der Waals surface area contributed by atoms with Crippen molar-refractivity contribution in [3.05, 3.63) is 24.3 Å². The standard InChI is InChI=1S/C16H24N2O3/c1-11(2)14-10-16(15(17)19,7-8-21-14)18-12-5-4-6-13(9-12)20-3/h4-6,9,11,14,18H,7-8,10H2,1-3H3,(H2,17,19). The van der Waals surface area contributed by atoms with Crippen LogP contribution in [0.2, 0.25) is 0 Å². The molecule has 2 unspecified atom stereocenters. The number of carbonyl (C=O) groups is 1. The van der Waals surface area contributed by atoms with Gasteiger partial charge in [0.1, 0.15) is 11.3 Å². The van der Waals surface area contributed by atoms with Gasteiger partial charge in [-0.25, -0.2) is 0 Å². The molecular formula is C16H24N2O3. The van der Waals surface area contributed by atoms with Crippen molar-refractivity contribution >= 4 is 11.6 Å². The van der Waals surface area contributed by atoms with E-state index in [1.165, 1.54) is 0 Å². The Morgan fingerprint density at radius 2 is 2.29 bits per heavy atom. The van der Waals surface area contributed by atoms with Gasteiger partial charge >= 0.3 is 0 Å². The van der Waals surface area contributed by atoms with E-state index in [0.29, 0.717) is 25.4 Å². The first-order valence-corrected chi connectivity index (χ1v) is 7.30. The van der Waals surface area contributed by atoms with Gasteiger partial charge in [0.25, 0.3) is 0 Å². The van der Waals surface area contributed by atoms with E-state index in [1.807, 2.05) is 24.3 Å². The third kappa shape index (κ3) is 3.47. The van der Waals surface area contributed by atoms with Gasteiger partial charge in [-0.2, -0.15) is 0 Å². The summed E-state index contributed by atoms with van der Waals surface area (Å²) in [6.07, 6.45) is 1.18. The molecule has 0 saturated carbocycles. The smallest absolute Gasteiger partial charge is 0.243 e. The number of amides is 1. The Bertz CT molecular complexity index is 504. The minimum absolute atomic E-state index is 0.0318. The van der Waals surface area contributed by atoms with E-state index in [0.717, 1.165) is 11.4 Å². The summed E-state index contributed by atoms with van der Waals surface area (Å²) in [5.41, 5.74) is 5.76. The van der Waals surface area contributed by atoms with Crippen LogP contribution in [0.5, 0.6) is 5.75 Å². The number of hydrogen-bond donors (Lipinski definition) is 2. The van der Waals surface area contributed by atoms with Gasteiger partial charge in [-0.3, -0.25) is 4.79 Å². The molecule has 5 heteroatoms. The highest BCUT2D eigenvalue weighted by atomic mass is 16.5. The van der Waals surface area contributed by atoms with Crippen molar-refractivity contribution in [1.29, 1.82) is 0 Å². The molecule has 1 fully saturated rings. The minimum atomic E-state index is -0.764. The van der Waals surface area contributed by atoms with E-state index < -0.39 is 5.54 Å². The summed E-state index contributed by atoms with van der Waals surface area (Å²) in [7, 11) is 1.62. The Labute approximate surface area is 125 Å². The molecule has 0 bridgehead atoms. The van der Waals surface area contributed by atoms with Crippen molar-refractivity contribution in [2.75, 3.05) is 19.0 Å². The number of anilines is 1. The zero-order valence-electron chi connectivity index (χ0n) is 12.9. The van der Waals surface area contributed by atoms with Crippen LogP contribution in [-0.4, -0.2) is 31.3 Å². The van der Waals surface area contributed by atoms with Crippen molar-refractivity contribution in [3.8, 4) is 5.75 Å². The maximum absolute atomic E-state index is 12.1. The van der Waals surface area contributed by atoms with Gasteiger partial charge in [-0.1, -0.05) is 19.9 Å². The third-order valence-electron chi connectivity index (χ3n) is 4.08. The maximum atomic E-state index is 12.1. The van der Waals surface area contributed by atoms with Gasteiger partial charge in [-0.15, -0.1) is 0 Å². The number of rotatable bonds is 5. The first-order valence-electron chi connectivity index (χ1n) is 7.30. The first-order chi connectivity index (χ1) is 9.97. The number of benzene rings is 1. The van der Waals surface area contributed by atoms with Gasteiger partial charge in [0.15, 0.2) is 0 Å². The van der Waals surface area contributed by atoms with Crippen LogP contribution in [0.4, 0.5) is 5.69 Å². The molecule has 116 valence electrons. The molecule has 1 amide bonds. The Morgan fingerprint density at radius 3 is 2.90 bits per heavy atom. The van der Waals surface area contributed by atoms with Crippen molar-refractivity contribution < 1.29 is 14.3 Å². The Morgan fingerprint density at radius 1 is 1.52 bits per heavy atom. The lowest BCUT2D eigenvalue weighted by molar-refractivity contribution is -0.128. The van der Waals surface area contributed by atoms with Crippen LogP contribution in [0.25, 0.3) is 0 Å². The largest absolute Gasteiger partial charge is 0.497 e. The fourth-order valence-corrected chi connectivity index (χ4v) is 2.69. The summed E-state index contributed by atoms with van der Waals surface area (Å²) in [5, 5.41) is 3.32. The molecule has 5 nitrogen and oxygen atoms in total. The normalized spacial score (nSPS) is 25.6. The molecule has 3 N–H and O–H groups in total. The highest BCUT2D eigenvalue weighted by molar-refractivity contribution is 5.88. The molecule has 1 aromatic carbocycles. The van der Waals surface area contributed by atoms with Gasteiger partial charge in [0, 0.05) is 31.2 Å². The molecule has 0 aliphatic carbocycles. The van der Waals surface area contributed by atoms with Crippen LogP contribution >= 0.6 is 0 Å². The number of primary amides is 1. The Balaban J connectivity index is 2.23. The van der Waals surface area contributed by atoms with E-state index in [9.17, 15) is 4.79 Å². The monoisotopic (exact) mass is 292 g/mol. The van der Waals surface area contributed by atoms with E-state index in [1.54, 1.807) is 7.11 Å². The summed E-state index contributed by atoms with van der Waals surface area (Å²) < 4.78 is 11.0. The predicted octanol–water partition coefficient (Wildman–Crippen LogP) is 2.17. The van der Waals surface area contributed by atoms with E-state index in [2.05, 4.69) is 19.2 Å². The van der Waals surface area contributed by atoms with Gasteiger partial charge in [-0.05, 0) is 18.1 Å². The summed E-state index contributed by atoms with van der Waals surface area (Å²) in [4.78, 5) is 12.1. The van der Waals surface area contributed by atoms with Crippen LogP contribution in [0.1, 0.15) is 26.7 Å². The lowest BCUT2D eigenvalue weighted by Gasteiger charge is -2.41. The molecule has 1 aromatic rings. The molecular weight excluding hydrogens is 268 g/mol. The molecule has 1 aliphatic heterocycles. The predicted molar refractivity (Wildman–Crippen MR) is 82.4 cm³/mol. The zero-order valence-corrected chi connectivity index (χ0v) is 12.9. The fourth-order valence-electron chi connectivity index (χ4n) is 2.69. The molecule has 1 aliphatic rings. The van der Waals surface area contributed by atoms with Crippen molar-refractivity contribution in [2.24, 2.45) is 11.7 Å². The first kappa shape index (κ1) is 15.6. The second-order valence-electron chi connectivity index (χ2n) is 5.91. The lowest BCUT2D eigenvalue weighted by Crippen LogP contribution is -2.56. The summed E-state index contributed by atoms with van der Waals surface area (Å²) in [6.45, 7) is 4.71. The van der Waals surface area contributed by atoms with Crippen LogP contribution in [0.15, 0.2) is 24.3 Å². The zero-order chi connectivity index (χ0) is 15.5. The second kappa shape index (κ2) is 6.35. The lowest BCUT2D eigenvalue weighted by atomic mass is 9.82. The molecule has 2 atom stereocenters. The highest BCUT2D eigenvalue weighted by Gasteiger charge is 2.43. The van der Waals surface area contributed by atoms with E-state index in [4.69, 9.17) is 15.2 Å². The SMILES string of the molecule is COc1cccc(NC2(C(N)=O)CCOC(C(C)C)C2)c1. The maximum Gasteiger partial charge on any atom is 0.243 e. The molecule has 1 saturated heterocycles. The highest BCUT2D eigenvalue weighted by Crippen LogP contribution is 2.32. The van der Waals surface area contributed by atoms with Gasteiger partial charge in [0.2, 0.25) is 5.91 Å². The Kier molecular flexibility index (Phi) is 4.73. The van der Waals surface area contributed by atoms with Gasteiger partial charge in [0.05, 0.1) is 13.2 Å². The van der Waals surface area contributed by atoms with Crippen molar-refractivity contribution in [2.45, 2.75) is 38.3 Å². The quantitative estimate of drug-likeness (QED) is 0.872. The number of methoxy groups -OCH3 is 1. The van der Waals surface area contributed by atoms with Crippen molar-refractivity contribution in [1.82, 2.24) is 0 Å². The van der Waals surface area contributed by atoms with Crippen LogP contribution in [0.3, 0.4) is 0 Å². The van der Waals surface area contributed by atoms with Crippen LogP contribution < -0.4 is 15.8 Å². The summed E-state index contributed by atoms with van der Waals surface area (Å²) >= 11 is 0. The molecule has 2 rings (SSSR count). The van der Waals surface area contributed by atoms with Gasteiger partial charge < -0.3 is 20.5 Å². The van der Waals surface area contributed by atoms with Crippen molar-refractivity contribution in [3.63, 3.8) is 0 Å². The van der Waals surface area contributed by atoms with Crippen LogP contribution in [-0.2, 0) is 9.53 Å². The fraction of sp³-hybridized carbons (Fsp3) is 0.562. The number of ether oxygens (including phenoxy) is 2. The summed E-state index contributed by atoms with van der Waals surface area (Å²) in [6, 6.07) is 7.52. The molecule has 0 radical (unpaired) electrons. The number of hydrogen-bond acceptors (Lipinski definition) is 4. The second-order valence-corrected chi connectivity index (χ2v) is 5.91. The Hall–Kier alpha value is -1.75.